The molecule has 0 aliphatic carbocycles. The number of aromatic nitrogens is 2. The molecule has 1 saturated heterocycles. The number of anilines is 2. The third-order valence-electron chi connectivity index (χ3n) is 3.69. The quantitative estimate of drug-likeness (QED) is 0.579. The Bertz CT molecular complexity index is 562. The van der Waals surface area contributed by atoms with Crippen molar-refractivity contribution in [2.24, 2.45) is 3.15 Å². The van der Waals surface area contributed by atoms with E-state index in [0.717, 1.165) is 38.1 Å². The third kappa shape index (κ3) is 3.32. The van der Waals surface area contributed by atoms with Gasteiger partial charge in [-0.3, -0.25) is 3.11 Å². The Balaban J connectivity index is 1.82. The highest BCUT2D eigenvalue weighted by atomic mass is 127. The summed E-state index contributed by atoms with van der Waals surface area (Å²) in [6.45, 7) is 4.95. The second-order valence-corrected chi connectivity index (χ2v) is 7.53. The Kier molecular flexibility index (Phi) is 5.07. The van der Waals surface area contributed by atoms with Gasteiger partial charge in [0.1, 0.15) is 27.5 Å². The highest BCUT2D eigenvalue weighted by molar-refractivity contribution is 14.2. The van der Waals surface area contributed by atoms with Crippen LogP contribution in [0.5, 0.6) is 6.01 Å². The number of fused-ring (bicyclic) bond motifs is 1. The number of hydrogen-bond acceptors (Lipinski definition) is 7. The lowest BCUT2D eigenvalue weighted by Gasteiger charge is -2.29. The van der Waals surface area contributed by atoms with Crippen molar-refractivity contribution in [2.75, 3.05) is 15.5 Å². The Morgan fingerprint density at radius 3 is 3.05 bits per heavy atom. The van der Waals surface area contributed by atoms with E-state index in [9.17, 15) is 0 Å². The van der Waals surface area contributed by atoms with Gasteiger partial charge in [0, 0.05) is 6.61 Å². The molecule has 7 nitrogen and oxygen atoms in total. The van der Waals surface area contributed by atoms with E-state index in [4.69, 9.17) is 15.2 Å². The van der Waals surface area contributed by atoms with Gasteiger partial charge in [-0.15, -0.1) is 0 Å². The zero-order valence-corrected chi connectivity index (χ0v) is 15.1. The molecule has 2 N–H and O–H groups in total. The Morgan fingerprint density at radius 1 is 1.45 bits per heavy atom. The molecule has 1 unspecified atom stereocenters. The van der Waals surface area contributed by atoms with Gasteiger partial charge in [0.2, 0.25) is 0 Å². The van der Waals surface area contributed by atoms with Gasteiger partial charge < -0.3 is 15.2 Å². The van der Waals surface area contributed by atoms with Gasteiger partial charge >= 0.3 is 6.01 Å². The SMILES string of the molecule is CCC[C@H](C)Oc1nc(N)c2c(n1)N(C1CCCCO1)I=N2. The first kappa shape index (κ1) is 15.9. The highest BCUT2D eigenvalue weighted by Gasteiger charge is 2.31. The molecule has 1 fully saturated rings. The van der Waals surface area contributed by atoms with E-state index in [-0.39, 0.29) is 12.3 Å². The predicted molar refractivity (Wildman–Crippen MR) is 93.6 cm³/mol. The molecule has 0 bridgehead atoms. The van der Waals surface area contributed by atoms with Crippen LogP contribution in [-0.4, -0.2) is 28.9 Å². The maximum absolute atomic E-state index is 6.04. The summed E-state index contributed by atoms with van der Waals surface area (Å²) in [6, 6.07) is 0.346. The lowest BCUT2D eigenvalue weighted by Crippen LogP contribution is -2.32. The second kappa shape index (κ2) is 7.03. The van der Waals surface area contributed by atoms with Crippen molar-refractivity contribution in [1.29, 1.82) is 0 Å². The molecule has 2 aliphatic heterocycles. The van der Waals surface area contributed by atoms with Crippen LogP contribution in [0, 0.1) is 0 Å². The average molecular weight is 419 g/mol. The van der Waals surface area contributed by atoms with Crippen LogP contribution >= 0.6 is 21.3 Å². The molecule has 3 rings (SSSR count). The summed E-state index contributed by atoms with van der Waals surface area (Å²) in [5.41, 5.74) is 6.75. The largest absolute Gasteiger partial charge is 0.460 e. The van der Waals surface area contributed by atoms with Crippen LogP contribution in [0.2, 0.25) is 0 Å². The van der Waals surface area contributed by atoms with Crippen molar-refractivity contribution in [1.82, 2.24) is 9.97 Å². The third-order valence-corrected chi connectivity index (χ3v) is 5.93. The number of nitrogens with zero attached hydrogens (tertiary/aromatic N) is 4. The van der Waals surface area contributed by atoms with Crippen molar-refractivity contribution >= 4 is 38.6 Å². The minimum atomic E-state index is -0.541. The van der Waals surface area contributed by atoms with Crippen LogP contribution in [0.4, 0.5) is 17.3 Å². The summed E-state index contributed by atoms with van der Waals surface area (Å²) in [5.74, 6) is 1.19. The Hall–Kier alpha value is -1.03. The summed E-state index contributed by atoms with van der Waals surface area (Å²) in [6.07, 6.45) is 5.49. The van der Waals surface area contributed by atoms with E-state index in [1.54, 1.807) is 0 Å². The molecule has 0 radical (unpaired) electrons. The van der Waals surface area contributed by atoms with Gasteiger partial charge in [-0.1, -0.05) is 13.3 Å². The number of ether oxygens (including phenoxy) is 2. The summed E-state index contributed by atoms with van der Waals surface area (Å²) < 4.78 is 18.4. The van der Waals surface area contributed by atoms with E-state index in [0.29, 0.717) is 17.5 Å². The van der Waals surface area contributed by atoms with E-state index in [1.165, 1.54) is 6.42 Å². The number of nitrogen functional groups attached to an aromatic ring is 1. The smallest absolute Gasteiger partial charge is 0.320 e. The minimum Gasteiger partial charge on any atom is -0.460 e. The molecule has 1 aromatic rings. The Morgan fingerprint density at radius 2 is 2.32 bits per heavy atom. The van der Waals surface area contributed by atoms with Crippen LogP contribution < -0.4 is 13.6 Å². The lowest BCUT2D eigenvalue weighted by molar-refractivity contribution is 0.0272. The standard InChI is InChI=1S/C14H22IN5O2/c1-3-6-9(2)22-14-17-12(16)11-13(18-14)20(15-19-11)10-7-4-5-8-21-10/h9-10H,3-8H2,1-2H3,(H2,16,17,18)/t9-,10?/m0/s1. The highest BCUT2D eigenvalue weighted by Crippen LogP contribution is 2.47. The van der Waals surface area contributed by atoms with E-state index in [2.05, 4.69) is 23.2 Å². The topological polar surface area (TPSA) is 85.9 Å². The number of hydrogen-bond donors (Lipinski definition) is 1. The van der Waals surface area contributed by atoms with E-state index >= 15 is 0 Å². The molecule has 0 spiro atoms. The first-order valence-corrected chi connectivity index (χ1v) is 9.72. The van der Waals surface area contributed by atoms with E-state index < -0.39 is 21.3 Å². The van der Waals surface area contributed by atoms with Gasteiger partial charge in [-0.25, -0.2) is 0 Å². The van der Waals surface area contributed by atoms with Gasteiger partial charge in [0.15, 0.2) is 17.3 Å². The van der Waals surface area contributed by atoms with Crippen molar-refractivity contribution in [3.8, 4) is 6.01 Å². The molecule has 0 aromatic carbocycles. The molecule has 2 atom stereocenters. The average Bonchev–Trinajstić information content (AvgIpc) is 2.92. The molecule has 1 aromatic heterocycles. The first-order chi connectivity index (χ1) is 10.7. The normalized spacial score (nSPS) is 22.1. The summed E-state index contributed by atoms with van der Waals surface area (Å²) in [7, 11) is 0. The molecular weight excluding hydrogens is 397 g/mol. The zero-order chi connectivity index (χ0) is 15.5. The number of rotatable bonds is 5. The van der Waals surface area contributed by atoms with Crippen LogP contribution in [0.1, 0.15) is 46.0 Å². The van der Waals surface area contributed by atoms with Gasteiger partial charge in [0.25, 0.3) is 0 Å². The first-order valence-electron chi connectivity index (χ1n) is 7.79. The number of nitrogens with two attached hydrogens (primary N) is 1. The van der Waals surface area contributed by atoms with Crippen LogP contribution in [0.15, 0.2) is 3.15 Å². The minimum absolute atomic E-state index is 0.0711. The van der Waals surface area contributed by atoms with E-state index in [1.807, 2.05) is 6.92 Å². The molecule has 0 saturated carbocycles. The predicted octanol–water partition coefficient (Wildman–Crippen LogP) is 3.67. The molecule has 22 heavy (non-hydrogen) atoms. The second-order valence-electron chi connectivity index (χ2n) is 5.57. The lowest BCUT2D eigenvalue weighted by atomic mass is 10.2. The van der Waals surface area contributed by atoms with Crippen molar-refractivity contribution in [3.05, 3.63) is 0 Å². The zero-order valence-electron chi connectivity index (χ0n) is 13.0. The van der Waals surface area contributed by atoms with Crippen molar-refractivity contribution in [2.45, 2.75) is 58.3 Å². The Labute approximate surface area is 141 Å². The van der Waals surface area contributed by atoms with Gasteiger partial charge in [-0.2, -0.15) is 13.1 Å². The van der Waals surface area contributed by atoms with Gasteiger partial charge in [-0.05, 0) is 32.6 Å². The van der Waals surface area contributed by atoms with Crippen LogP contribution in [0.3, 0.4) is 0 Å². The fourth-order valence-electron chi connectivity index (χ4n) is 2.57. The molecule has 2 aliphatic rings. The molecule has 0 amide bonds. The summed E-state index contributed by atoms with van der Waals surface area (Å²) >= 11 is -0.541. The monoisotopic (exact) mass is 419 g/mol. The maximum Gasteiger partial charge on any atom is 0.320 e. The van der Waals surface area contributed by atoms with Crippen molar-refractivity contribution in [3.63, 3.8) is 0 Å². The molecule has 8 heteroatoms. The van der Waals surface area contributed by atoms with Gasteiger partial charge in [0.05, 0.1) is 6.10 Å². The van der Waals surface area contributed by atoms with Crippen molar-refractivity contribution < 1.29 is 9.47 Å². The summed E-state index contributed by atoms with van der Waals surface area (Å²) in [4.78, 5) is 8.81. The molecular formula is C14H22IN5O2. The molecule has 122 valence electrons. The molecule has 3 heterocycles. The summed E-state index contributed by atoms with van der Waals surface area (Å²) in [5, 5.41) is 0. The van der Waals surface area contributed by atoms with Crippen LogP contribution in [0.25, 0.3) is 0 Å². The fraction of sp³-hybridized carbons (Fsp3) is 0.714. The van der Waals surface area contributed by atoms with Crippen LogP contribution in [-0.2, 0) is 4.74 Å². The maximum atomic E-state index is 6.04. The fourth-order valence-corrected chi connectivity index (χ4v) is 4.74. The number of halogens is 1.